The maximum absolute atomic E-state index is 13.8. The average Bonchev–Trinajstić information content (AvgIpc) is 3.12. The lowest BCUT2D eigenvalue weighted by Gasteiger charge is -2.08. The van der Waals surface area contributed by atoms with E-state index in [-0.39, 0.29) is 18.1 Å². The Morgan fingerprint density at radius 2 is 1.85 bits per heavy atom. The van der Waals surface area contributed by atoms with Gasteiger partial charge in [-0.15, -0.1) is 0 Å². The summed E-state index contributed by atoms with van der Waals surface area (Å²) < 4.78 is 25.0. The summed E-state index contributed by atoms with van der Waals surface area (Å²) in [7, 11) is 0. The number of ether oxygens (including phenoxy) is 1. The van der Waals surface area contributed by atoms with Crippen LogP contribution in [0.3, 0.4) is 0 Å². The van der Waals surface area contributed by atoms with E-state index in [1.807, 2.05) is 31.2 Å². The van der Waals surface area contributed by atoms with Gasteiger partial charge in [-0.1, -0.05) is 32.0 Å². The highest BCUT2D eigenvalue weighted by molar-refractivity contribution is 6.02. The summed E-state index contributed by atoms with van der Waals surface area (Å²) in [6.45, 7) is 6.29. The van der Waals surface area contributed by atoms with Gasteiger partial charge in [0.05, 0.1) is 5.69 Å². The molecule has 0 aliphatic heterocycles. The zero-order chi connectivity index (χ0) is 19.4. The van der Waals surface area contributed by atoms with Crippen molar-refractivity contribution in [2.24, 2.45) is 0 Å². The van der Waals surface area contributed by atoms with Crippen molar-refractivity contribution in [2.75, 3.05) is 5.32 Å². The maximum atomic E-state index is 13.8. The summed E-state index contributed by atoms with van der Waals surface area (Å²) in [6.07, 6.45) is 0. The molecule has 0 unspecified atom stereocenters. The number of hydrogen-bond donors (Lipinski definition) is 1. The third-order valence-electron chi connectivity index (χ3n) is 4.18. The predicted octanol–water partition coefficient (Wildman–Crippen LogP) is 5.68. The van der Waals surface area contributed by atoms with E-state index in [1.165, 1.54) is 11.6 Å². The van der Waals surface area contributed by atoms with E-state index in [1.54, 1.807) is 24.3 Å². The van der Waals surface area contributed by atoms with Crippen molar-refractivity contribution in [1.29, 1.82) is 0 Å². The Morgan fingerprint density at radius 1 is 1.11 bits per heavy atom. The van der Waals surface area contributed by atoms with E-state index in [9.17, 15) is 9.18 Å². The summed E-state index contributed by atoms with van der Waals surface area (Å²) >= 11 is 0. The number of carbonyl (C=O) groups excluding carboxylic acids is 1. The van der Waals surface area contributed by atoms with Gasteiger partial charge in [-0.2, -0.15) is 0 Å². The van der Waals surface area contributed by atoms with Crippen LogP contribution in [0.2, 0.25) is 0 Å². The van der Waals surface area contributed by atoms with E-state index in [2.05, 4.69) is 19.2 Å². The fourth-order valence-corrected chi connectivity index (χ4v) is 2.60. The average molecular weight is 367 g/mol. The molecule has 0 bridgehead atoms. The van der Waals surface area contributed by atoms with Crippen LogP contribution in [0.15, 0.2) is 59.0 Å². The molecule has 0 radical (unpaired) electrons. The number of nitrogens with one attached hydrogen (secondary N) is 1. The van der Waals surface area contributed by atoms with E-state index in [0.717, 1.165) is 11.3 Å². The van der Waals surface area contributed by atoms with Crippen molar-refractivity contribution >= 4 is 11.6 Å². The molecule has 0 aliphatic carbocycles. The lowest BCUT2D eigenvalue weighted by atomic mass is 10.0. The lowest BCUT2D eigenvalue weighted by Crippen LogP contribution is -2.12. The first-order valence-electron chi connectivity index (χ1n) is 8.81. The first-order valence-corrected chi connectivity index (χ1v) is 8.81. The highest BCUT2D eigenvalue weighted by atomic mass is 19.1. The molecule has 3 aromatic rings. The molecule has 27 heavy (non-hydrogen) atoms. The van der Waals surface area contributed by atoms with Gasteiger partial charge in [0, 0.05) is 0 Å². The first kappa shape index (κ1) is 18.7. The van der Waals surface area contributed by atoms with Crippen molar-refractivity contribution in [3.8, 4) is 5.75 Å². The van der Waals surface area contributed by atoms with Gasteiger partial charge in [0.1, 0.15) is 23.9 Å². The Balaban J connectivity index is 1.60. The molecule has 140 valence electrons. The third kappa shape index (κ3) is 4.76. The molecule has 0 saturated heterocycles. The van der Waals surface area contributed by atoms with Crippen LogP contribution in [0.25, 0.3) is 0 Å². The highest BCUT2D eigenvalue weighted by Gasteiger charge is 2.14. The molecule has 0 saturated carbocycles. The number of furan rings is 1. The molecule has 0 spiro atoms. The second-order valence-corrected chi connectivity index (χ2v) is 6.72. The number of halogens is 1. The number of benzene rings is 2. The zero-order valence-electron chi connectivity index (χ0n) is 15.6. The minimum atomic E-state index is -0.507. The van der Waals surface area contributed by atoms with Gasteiger partial charge in [0.2, 0.25) is 0 Å². The van der Waals surface area contributed by atoms with Gasteiger partial charge in [0.15, 0.2) is 5.76 Å². The Kier molecular flexibility index (Phi) is 5.60. The third-order valence-corrected chi connectivity index (χ3v) is 4.18. The number of amides is 1. The Labute approximate surface area is 158 Å². The number of anilines is 1. The first-order chi connectivity index (χ1) is 12.9. The van der Waals surface area contributed by atoms with E-state index in [0.29, 0.717) is 11.7 Å². The standard InChI is InChI=1S/C22H22FNO3/c1-14(2)16-5-7-17(8-6-16)26-13-18-9-11-21(27-18)22(25)24-20-12-15(3)4-10-19(20)23/h4-12,14H,13H2,1-3H3,(H,24,25). The smallest absolute Gasteiger partial charge is 0.291 e. The Hall–Kier alpha value is -3.08. The zero-order valence-corrected chi connectivity index (χ0v) is 15.6. The van der Waals surface area contributed by atoms with Gasteiger partial charge in [-0.25, -0.2) is 4.39 Å². The minimum Gasteiger partial charge on any atom is -0.486 e. The molecular formula is C22H22FNO3. The lowest BCUT2D eigenvalue weighted by molar-refractivity contribution is 0.0992. The summed E-state index contributed by atoms with van der Waals surface area (Å²) in [5.74, 6) is 0.801. The number of aryl methyl sites for hydroxylation is 1. The molecule has 1 amide bonds. The normalized spacial score (nSPS) is 10.9. The molecule has 1 heterocycles. The van der Waals surface area contributed by atoms with Crippen LogP contribution >= 0.6 is 0 Å². The van der Waals surface area contributed by atoms with E-state index >= 15 is 0 Å². The van der Waals surface area contributed by atoms with Gasteiger partial charge in [0.25, 0.3) is 5.91 Å². The second kappa shape index (κ2) is 8.08. The molecule has 5 heteroatoms. The topological polar surface area (TPSA) is 51.5 Å². The van der Waals surface area contributed by atoms with Crippen molar-refractivity contribution in [1.82, 2.24) is 0 Å². The van der Waals surface area contributed by atoms with Gasteiger partial charge in [-0.05, 0) is 60.4 Å². The van der Waals surface area contributed by atoms with Crippen molar-refractivity contribution in [3.63, 3.8) is 0 Å². The SMILES string of the molecule is Cc1ccc(F)c(NC(=O)c2ccc(COc3ccc(C(C)C)cc3)o2)c1. The highest BCUT2D eigenvalue weighted by Crippen LogP contribution is 2.21. The number of hydrogen-bond acceptors (Lipinski definition) is 3. The summed E-state index contributed by atoms with van der Waals surface area (Å²) in [5, 5.41) is 2.52. The van der Waals surface area contributed by atoms with Crippen molar-refractivity contribution < 1.29 is 18.3 Å². The molecule has 2 aromatic carbocycles. The monoisotopic (exact) mass is 367 g/mol. The largest absolute Gasteiger partial charge is 0.486 e. The number of carbonyl (C=O) groups is 1. The van der Waals surface area contributed by atoms with Crippen LogP contribution in [0.4, 0.5) is 10.1 Å². The van der Waals surface area contributed by atoms with E-state index in [4.69, 9.17) is 9.15 Å². The fourth-order valence-electron chi connectivity index (χ4n) is 2.60. The van der Waals surface area contributed by atoms with Crippen LogP contribution in [0.1, 0.15) is 47.2 Å². The fraction of sp³-hybridized carbons (Fsp3) is 0.227. The quantitative estimate of drug-likeness (QED) is 0.610. The van der Waals surface area contributed by atoms with Crippen LogP contribution in [-0.2, 0) is 6.61 Å². The second-order valence-electron chi connectivity index (χ2n) is 6.72. The molecule has 0 aliphatic rings. The summed E-state index contributed by atoms with van der Waals surface area (Å²) in [4.78, 5) is 12.3. The summed E-state index contributed by atoms with van der Waals surface area (Å²) in [6, 6.07) is 15.6. The Morgan fingerprint density at radius 3 is 2.56 bits per heavy atom. The van der Waals surface area contributed by atoms with E-state index < -0.39 is 11.7 Å². The molecule has 1 aromatic heterocycles. The van der Waals surface area contributed by atoms with Gasteiger partial charge < -0.3 is 14.5 Å². The molecular weight excluding hydrogens is 345 g/mol. The van der Waals surface area contributed by atoms with Gasteiger partial charge >= 0.3 is 0 Å². The molecule has 0 fully saturated rings. The summed E-state index contributed by atoms with van der Waals surface area (Å²) in [5.41, 5.74) is 2.21. The predicted molar refractivity (Wildman–Crippen MR) is 103 cm³/mol. The van der Waals surface area contributed by atoms with Crippen LogP contribution in [0, 0.1) is 12.7 Å². The number of rotatable bonds is 6. The molecule has 3 rings (SSSR count). The maximum Gasteiger partial charge on any atom is 0.291 e. The Bertz CT molecular complexity index is 929. The van der Waals surface area contributed by atoms with Crippen LogP contribution in [0.5, 0.6) is 5.75 Å². The molecule has 1 N–H and O–H groups in total. The van der Waals surface area contributed by atoms with Gasteiger partial charge in [-0.3, -0.25) is 4.79 Å². The van der Waals surface area contributed by atoms with Crippen LogP contribution < -0.4 is 10.1 Å². The van der Waals surface area contributed by atoms with Crippen molar-refractivity contribution in [2.45, 2.75) is 33.3 Å². The van der Waals surface area contributed by atoms with Crippen molar-refractivity contribution in [3.05, 3.63) is 83.1 Å². The van der Waals surface area contributed by atoms with Crippen LogP contribution in [-0.4, -0.2) is 5.91 Å². The molecule has 0 atom stereocenters. The minimum absolute atomic E-state index is 0.102. The molecule has 4 nitrogen and oxygen atoms in total.